The summed E-state index contributed by atoms with van der Waals surface area (Å²) in [5.74, 6) is 0. The molecule has 2 rings (SSSR count). The zero-order valence-corrected chi connectivity index (χ0v) is 10.1. The standard InChI is InChI=1S/C10H11N7O2/c1-19-14-6-9-7-17(10(18)16-15-9)13-5-8-4-11-2-3-12-8/h2-6H,7H2,1H3,(H,16,18)/b13-5+,14-6+. The van der Waals surface area contributed by atoms with Gasteiger partial charge in [0.2, 0.25) is 0 Å². The van der Waals surface area contributed by atoms with Gasteiger partial charge in [-0.1, -0.05) is 5.16 Å². The molecule has 0 aliphatic carbocycles. The molecule has 0 bridgehead atoms. The van der Waals surface area contributed by atoms with E-state index >= 15 is 0 Å². The van der Waals surface area contributed by atoms with Gasteiger partial charge in [0.1, 0.15) is 18.5 Å². The van der Waals surface area contributed by atoms with Gasteiger partial charge in [-0.15, -0.1) is 0 Å². The third kappa shape index (κ3) is 3.56. The van der Waals surface area contributed by atoms with Gasteiger partial charge < -0.3 is 4.84 Å². The van der Waals surface area contributed by atoms with Crippen molar-refractivity contribution in [2.75, 3.05) is 13.7 Å². The maximum Gasteiger partial charge on any atom is 0.358 e. The van der Waals surface area contributed by atoms with Crippen LogP contribution in [-0.4, -0.2) is 52.8 Å². The van der Waals surface area contributed by atoms with E-state index in [-0.39, 0.29) is 6.54 Å². The second-order valence-corrected chi connectivity index (χ2v) is 3.37. The molecule has 9 heteroatoms. The Bertz CT molecular complexity index is 526. The number of oxime groups is 1. The molecule has 1 aliphatic heterocycles. The van der Waals surface area contributed by atoms with Crippen LogP contribution in [0.15, 0.2) is 33.9 Å². The Morgan fingerprint density at radius 2 is 2.37 bits per heavy atom. The van der Waals surface area contributed by atoms with Crippen LogP contribution in [0.25, 0.3) is 0 Å². The molecular weight excluding hydrogens is 250 g/mol. The normalized spacial score (nSPS) is 15.7. The zero-order valence-electron chi connectivity index (χ0n) is 10.1. The smallest absolute Gasteiger partial charge is 0.358 e. The third-order valence-corrected chi connectivity index (χ3v) is 2.06. The minimum atomic E-state index is -0.435. The maximum atomic E-state index is 11.5. The van der Waals surface area contributed by atoms with E-state index in [0.717, 1.165) is 0 Å². The lowest BCUT2D eigenvalue weighted by Gasteiger charge is -2.19. The summed E-state index contributed by atoms with van der Waals surface area (Å²) in [5, 5.41) is 12.6. The summed E-state index contributed by atoms with van der Waals surface area (Å²) >= 11 is 0. The summed E-state index contributed by atoms with van der Waals surface area (Å²) in [6, 6.07) is -0.435. The van der Waals surface area contributed by atoms with E-state index in [2.05, 4.69) is 35.6 Å². The summed E-state index contributed by atoms with van der Waals surface area (Å²) in [7, 11) is 1.42. The molecule has 0 atom stereocenters. The van der Waals surface area contributed by atoms with Crippen LogP contribution in [0.5, 0.6) is 0 Å². The first-order valence-corrected chi connectivity index (χ1v) is 5.30. The molecule has 0 spiro atoms. The zero-order chi connectivity index (χ0) is 13.5. The number of hydrogen-bond acceptors (Lipinski definition) is 7. The average Bonchev–Trinajstić information content (AvgIpc) is 2.46. The number of carbonyl (C=O) groups is 1. The molecule has 2 heterocycles. The van der Waals surface area contributed by atoms with Crippen molar-refractivity contribution in [2.24, 2.45) is 15.4 Å². The van der Waals surface area contributed by atoms with E-state index in [4.69, 9.17) is 0 Å². The van der Waals surface area contributed by atoms with E-state index in [1.807, 2.05) is 0 Å². The minimum Gasteiger partial charge on any atom is -0.399 e. The van der Waals surface area contributed by atoms with E-state index in [1.54, 1.807) is 6.20 Å². The van der Waals surface area contributed by atoms with Crippen molar-refractivity contribution in [3.63, 3.8) is 0 Å². The second-order valence-electron chi connectivity index (χ2n) is 3.37. The lowest BCUT2D eigenvalue weighted by Crippen LogP contribution is -2.43. The average molecular weight is 261 g/mol. The molecule has 0 aromatic carbocycles. The second kappa shape index (κ2) is 6.19. The molecule has 9 nitrogen and oxygen atoms in total. The first kappa shape index (κ1) is 12.6. The lowest BCUT2D eigenvalue weighted by atomic mass is 10.4. The van der Waals surface area contributed by atoms with Gasteiger partial charge in [0.15, 0.2) is 0 Å². The van der Waals surface area contributed by atoms with Gasteiger partial charge in [0.25, 0.3) is 0 Å². The van der Waals surface area contributed by atoms with Gasteiger partial charge in [-0.3, -0.25) is 9.97 Å². The molecule has 1 N–H and O–H groups in total. The Balaban J connectivity index is 2.04. The molecular formula is C10H11N7O2. The van der Waals surface area contributed by atoms with Crippen LogP contribution in [0.4, 0.5) is 4.79 Å². The van der Waals surface area contributed by atoms with Gasteiger partial charge in [0.05, 0.1) is 25.2 Å². The molecule has 2 amide bonds. The van der Waals surface area contributed by atoms with Crippen LogP contribution in [0.3, 0.4) is 0 Å². The molecule has 0 fully saturated rings. The first-order chi connectivity index (χ1) is 9.29. The van der Waals surface area contributed by atoms with Crippen molar-refractivity contribution in [3.05, 3.63) is 24.3 Å². The number of hydrazone groups is 2. The highest BCUT2D eigenvalue weighted by Crippen LogP contribution is 1.98. The van der Waals surface area contributed by atoms with E-state index in [1.165, 1.54) is 36.9 Å². The number of amides is 2. The molecule has 0 radical (unpaired) electrons. The number of nitrogens with zero attached hydrogens (tertiary/aromatic N) is 6. The number of rotatable bonds is 4. The first-order valence-electron chi connectivity index (χ1n) is 5.30. The molecule has 1 aromatic rings. The highest BCUT2D eigenvalue weighted by molar-refractivity contribution is 6.32. The third-order valence-electron chi connectivity index (χ3n) is 2.06. The fraction of sp³-hybridized carbons (Fsp3) is 0.200. The summed E-state index contributed by atoms with van der Waals surface area (Å²) in [6.07, 6.45) is 7.45. The molecule has 0 saturated carbocycles. The Hall–Kier alpha value is -2.84. The molecule has 1 aromatic heterocycles. The van der Waals surface area contributed by atoms with Gasteiger partial charge in [0, 0.05) is 12.4 Å². The number of aromatic nitrogens is 2. The fourth-order valence-corrected chi connectivity index (χ4v) is 1.22. The summed E-state index contributed by atoms with van der Waals surface area (Å²) in [6.45, 7) is 0.190. The van der Waals surface area contributed by atoms with E-state index in [0.29, 0.717) is 11.4 Å². The van der Waals surface area contributed by atoms with Crippen LogP contribution in [0.2, 0.25) is 0 Å². The Kier molecular flexibility index (Phi) is 4.11. The van der Waals surface area contributed by atoms with Gasteiger partial charge in [-0.25, -0.2) is 15.2 Å². The van der Waals surface area contributed by atoms with Crippen molar-refractivity contribution in [1.82, 2.24) is 20.4 Å². The minimum absolute atomic E-state index is 0.190. The quantitative estimate of drug-likeness (QED) is 0.599. The van der Waals surface area contributed by atoms with Crippen molar-refractivity contribution < 1.29 is 9.63 Å². The van der Waals surface area contributed by atoms with Crippen LogP contribution in [0.1, 0.15) is 5.69 Å². The number of hydrogen-bond donors (Lipinski definition) is 1. The molecule has 98 valence electrons. The molecule has 19 heavy (non-hydrogen) atoms. The lowest BCUT2D eigenvalue weighted by molar-refractivity contribution is 0.204. The van der Waals surface area contributed by atoms with Crippen molar-refractivity contribution in [1.29, 1.82) is 0 Å². The predicted molar refractivity (Wildman–Crippen MR) is 67.8 cm³/mol. The van der Waals surface area contributed by atoms with Gasteiger partial charge >= 0.3 is 6.03 Å². The van der Waals surface area contributed by atoms with Crippen molar-refractivity contribution in [2.45, 2.75) is 0 Å². The van der Waals surface area contributed by atoms with Crippen molar-refractivity contribution in [3.8, 4) is 0 Å². The predicted octanol–water partition coefficient (Wildman–Crippen LogP) is -0.176. The summed E-state index contributed by atoms with van der Waals surface area (Å²) in [5.41, 5.74) is 3.36. The van der Waals surface area contributed by atoms with E-state index in [9.17, 15) is 4.79 Å². The number of urea groups is 1. The van der Waals surface area contributed by atoms with Crippen LogP contribution in [0, 0.1) is 0 Å². The summed E-state index contributed by atoms with van der Waals surface area (Å²) in [4.78, 5) is 24.0. The Morgan fingerprint density at radius 3 is 3.11 bits per heavy atom. The molecule has 0 saturated heterocycles. The maximum absolute atomic E-state index is 11.5. The molecule has 1 aliphatic rings. The topological polar surface area (TPSA) is 104 Å². The highest BCUT2D eigenvalue weighted by atomic mass is 16.6. The summed E-state index contributed by atoms with van der Waals surface area (Å²) < 4.78 is 0. The van der Waals surface area contributed by atoms with Crippen LogP contribution < -0.4 is 5.43 Å². The fourth-order valence-electron chi connectivity index (χ4n) is 1.22. The Labute approximate surface area is 108 Å². The Morgan fingerprint density at radius 1 is 1.47 bits per heavy atom. The van der Waals surface area contributed by atoms with Crippen LogP contribution >= 0.6 is 0 Å². The van der Waals surface area contributed by atoms with Crippen molar-refractivity contribution >= 4 is 24.2 Å². The SMILES string of the molecule is CO/N=C/C1=NNC(=O)N(/N=C/c2cnccn2)C1. The van der Waals surface area contributed by atoms with Crippen LogP contribution in [-0.2, 0) is 4.84 Å². The van der Waals surface area contributed by atoms with E-state index < -0.39 is 6.03 Å². The molecule has 0 unspecified atom stereocenters. The van der Waals surface area contributed by atoms with Gasteiger partial charge in [-0.2, -0.15) is 10.2 Å². The largest absolute Gasteiger partial charge is 0.399 e. The highest BCUT2D eigenvalue weighted by Gasteiger charge is 2.19. The van der Waals surface area contributed by atoms with Gasteiger partial charge in [-0.05, 0) is 0 Å². The number of nitrogens with one attached hydrogen (secondary N) is 1. The monoisotopic (exact) mass is 261 g/mol. The number of carbonyl (C=O) groups excluding carboxylic acids is 1.